The standard InChI is InChI=1S/C14H21N3O3/c1-14(2,3)16-13(18)10-15-9-8-11-6-4-5-7-12(11)17(19)20/h4-7,15H,8-10H2,1-3H3,(H,16,18). The monoisotopic (exact) mass is 279 g/mol. The normalized spacial score (nSPS) is 11.2. The summed E-state index contributed by atoms with van der Waals surface area (Å²) >= 11 is 0. The van der Waals surface area contributed by atoms with Crippen molar-refractivity contribution < 1.29 is 9.72 Å². The molecule has 0 saturated carbocycles. The van der Waals surface area contributed by atoms with E-state index < -0.39 is 0 Å². The Morgan fingerprint density at radius 3 is 2.55 bits per heavy atom. The Balaban J connectivity index is 2.39. The van der Waals surface area contributed by atoms with Crippen LogP contribution < -0.4 is 10.6 Å². The third-order valence-electron chi connectivity index (χ3n) is 2.56. The molecule has 0 bridgehead atoms. The molecule has 110 valence electrons. The lowest BCUT2D eigenvalue weighted by atomic mass is 10.1. The van der Waals surface area contributed by atoms with E-state index in [0.29, 0.717) is 18.5 Å². The fraction of sp³-hybridized carbons (Fsp3) is 0.500. The molecule has 6 heteroatoms. The fourth-order valence-corrected chi connectivity index (χ4v) is 1.79. The van der Waals surface area contributed by atoms with E-state index in [-0.39, 0.29) is 28.6 Å². The van der Waals surface area contributed by atoms with E-state index in [1.54, 1.807) is 18.2 Å². The van der Waals surface area contributed by atoms with E-state index in [1.165, 1.54) is 6.07 Å². The van der Waals surface area contributed by atoms with Crippen LogP contribution in [0.1, 0.15) is 26.3 Å². The van der Waals surface area contributed by atoms with Gasteiger partial charge in [-0.05, 0) is 33.7 Å². The molecule has 0 aliphatic carbocycles. The molecule has 1 aromatic carbocycles. The van der Waals surface area contributed by atoms with Crippen LogP contribution >= 0.6 is 0 Å². The zero-order valence-electron chi connectivity index (χ0n) is 12.1. The van der Waals surface area contributed by atoms with Crippen LogP contribution in [0.4, 0.5) is 5.69 Å². The number of amides is 1. The zero-order chi connectivity index (χ0) is 15.2. The molecule has 1 aromatic rings. The van der Waals surface area contributed by atoms with Crippen LogP contribution in [0.25, 0.3) is 0 Å². The predicted molar refractivity (Wildman–Crippen MR) is 77.6 cm³/mol. The van der Waals surface area contributed by atoms with Crippen LogP contribution in [0.2, 0.25) is 0 Å². The van der Waals surface area contributed by atoms with Crippen LogP contribution in [-0.4, -0.2) is 29.5 Å². The van der Waals surface area contributed by atoms with Gasteiger partial charge in [0.1, 0.15) is 0 Å². The summed E-state index contributed by atoms with van der Waals surface area (Å²) in [6.45, 7) is 6.47. The molecule has 1 rings (SSSR count). The second kappa shape index (κ2) is 7.00. The summed E-state index contributed by atoms with van der Waals surface area (Å²) in [6, 6.07) is 6.64. The Morgan fingerprint density at radius 1 is 1.30 bits per heavy atom. The average Bonchev–Trinajstić information content (AvgIpc) is 2.33. The van der Waals surface area contributed by atoms with Gasteiger partial charge in [0, 0.05) is 17.2 Å². The number of nitrogens with one attached hydrogen (secondary N) is 2. The maximum absolute atomic E-state index is 11.6. The number of hydrogen-bond acceptors (Lipinski definition) is 4. The Bertz CT molecular complexity index is 481. The highest BCUT2D eigenvalue weighted by Gasteiger charge is 2.14. The van der Waals surface area contributed by atoms with Crippen LogP contribution in [0.3, 0.4) is 0 Å². The topological polar surface area (TPSA) is 84.3 Å². The third kappa shape index (κ3) is 5.79. The van der Waals surface area contributed by atoms with Crippen LogP contribution in [-0.2, 0) is 11.2 Å². The van der Waals surface area contributed by atoms with E-state index in [0.717, 1.165) is 0 Å². The Labute approximate surface area is 118 Å². The number of nitro benzene ring substituents is 1. The number of para-hydroxylation sites is 1. The molecule has 0 aliphatic rings. The summed E-state index contributed by atoms with van der Waals surface area (Å²) in [6.07, 6.45) is 0.514. The van der Waals surface area contributed by atoms with Gasteiger partial charge in [0.15, 0.2) is 0 Å². The minimum absolute atomic E-state index is 0.0833. The van der Waals surface area contributed by atoms with Crippen molar-refractivity contribution in [2.75, 3.05) is 13.1 Å². The summed E-state index contributed by atoms with van der Waals surface area (Å²) in [7, 11) is 0. The predicted octanol–water partition coefficient (Wildman–Crippen LogP) is 1.64. The van der Waals surface area contributed by atoms with Gasteiger partial charge in [-0.2, -0.15) is 0 Å². The minimum Gasteiger partial charge on any atom is -0.350 e. The zero-order valence-corrected chi connectivity index (χ0v) is 12.1. The fourth-order valence-electron chi connectivity index (χ4n) is 1.79. The van der Waals surface area contributed by atoms with E-state index in [9.17, 15) is 14.9 Å². The third-order valence-corrected chi connectivity index (χ3v) is 2.56. The lowest BCUT2D eigenvalue weighted by Gasteiger charge is -2.20. The molecular weight excluding hydrogens is 258 g/mol. The van der Waals surface area contributed by atoms with Gasteiger partial charge in [-0.3, -0.25) is 14.9 Å². The minimum atomic E-state index is -0.387. The average molecular weight is 279 g/mol. The molecule has 0 aromatic heterocycles. The molecule has 0 aliphatic heterocycles. The highest BCUT2D eigenvalue weighted by atomic mass is 16.6. The van der Waals surface area contributed by atoms with Crippen molar-refractivity contribution in [2.24, 2.45) is 0 Å². The lowest BCUT2D eigenvalue weighted by molar-refractivity contribution is -0.385. The van der Waals surface area contributed by atoms with Crippen molar-refractivity contribution in [1.82, 2.24) is 10.6 Å². The maximum Gasteiger partial charge on any atom is 0.272 e. The van der Waals surface area contributed by atoms with Gasteiger partial charge in [-0.15, -0.1) is 0 Å². The molecule has 0 fully saturated rings. The van der Waals surface area contributed by atoms with Gasteiger partial charge in [0.05, 0.1) is 11.5 Å². The maximum atomic E-state index is 11.6. The van der Waals surface area contributed by atoms with Gasteiger partial charge >= 0.3 is 0 Å². The summed E-state index contributed by atoms with van der Waals surface area (Å²) in [4.78, 5) is 22.0. The van der Waals surface area contributed by atoms with Gasteiger partial charge in [-0.1, -0.05) is 18.2 Å². The van der Waals surface area contributed by atoms with Crippen molar-refractivity contribution in [3.05, 3.63) is 39.9 Å². The van der Waals surface area contributed by atoms with Gasteiger partial charge < -0.3 is 10.6 Å². The van der Waals surface area contributed by atoms with E-state index >= 15 is 0 Å². The Kier molecular flexibility index (Phi) is 5.64. The summed E-state index contributed by atoms with van der Waals surface area (Å²) in [5.74, 6) is -0.0833. The molecule has 0 unspecified atom stereocenters. The van der Waals surface area contributed by atoms with Crippen LogP contribution in [0.15, 0.2) is 24.3 Å². The molecule has 6 nitrogen and oxygen atoms in total. The number of hydrogen-bond donors (Lipinski definition) is 2. The molecule has 0 saturated heterocycles. The SMILES string of the molecule is CC(C)(C)NC(=O)CNCCc1ccccc1[N+](=O)[O-]. The van der Waals surface area contributed by atoms with Crippen molar-refractivity contribution in [3.8, 4) is 0 Å². The Hall–Kier alpha value is -1.95. The molecular formula is C14H21N3O3. The van der Waals surface area contributed by atoms with Crippen molar-refractivity contribution in [1.29, 1.82) is 0 Å². The molecule has 1 amide bonds. The number of carbonyl (C=O) groups is 1. The van der Waals surface area contributed by atoms with Crippen LogP contribution in [0, 0.1) is 10.1 Å². The number of nitro groups is 1. The summed E-state index contributed by atoms with van der Waals surface area (Å²) < 4.78 is 0. The first-order chi connectivity index (χ1) is 9.29. The first-order valence-electron chi connectivity index (χ1n) is 6.53. The second-order valence-corrected chi connectivity index (χ2v) is 5.61. The van der Waals surface area contributed by atoms with Gasteiger partial charge in [0.25, 0.3) is 5.69 Å². The highest BCUT2D eigenvalue weighted by Crippen LogP contribution is 2.17. The van der Waals surface area contributed by atoms with Crippen LogP contribution in [0.5, 0.6) is 0 Å². The first kappa shape index (κ1) is 16.1. The molecule has 0 radical (unpaired) electrons. The highest BCUT2D eigenvalue weighted by molar-refractivity contribution is 5.78. The molecule has 2 N–H and O–H groups in total. The quantitative estimate of drug-likeness (QED) is 0.471. The second-order valence-electron chi connectivity index (χ2n) is 5.61. The number of nitrogens with zero attached hydrogens (tertiary/aromatic N) is 1. The lowest BCUT2D eigenvalue weighted by Crippen LogP contribution is -2.45. The molecule has 0 spiro atoms. The van der Waals surface area contributed by atoms with Gasteiger partial charge in [0.2, 0.25) is 5.91 Å². The van der Waals surface area contributed by atoms with Crippen molar-refractivity contribution in [3.63, 3.8) is 0 Å². The van der Waals surface area contributed by atoms with Crippen molar-refractivity contribution in [2.45, 2.75) is 32.7 Å². The van der Waals surface area contributed by atoms with Crippen molar-refractivity contribution >= 4 is 11.6 Å². The summed E-state index contributed by atoms with van der Waals surface area (Å²) in [5.41, 5.74) is 0.534. The smallest absolute Gasteiger partial charge is 0.272 e. The van der Waals surface area contributed by atoms with E-state index in [1.807, 2.05) is 20.8 Å². The number of carbonyl (C=O) groups excluding carboxylic acids is 1. The number of benzene rings is 1. The van der Waals surface area contributed by atoms with Gasteiger partial charge in [-0.25, -0.2) is 0 Å². The summed E-state index contributed by atoms with van der Waals surface area (Å²) in [5, 5.41) is 16.7. The molecule has 0 heterocycles. The van der Waals surface area contributed by atoms with E-state index in [2.05, 4.69) is 10.6 Å². The molecule has 20 heavy (non-hydrogen) atoms. The first-order valence-corrected chi connectivity index (χ1v) is 6.53. The number of rotatable bonds is 6. The molecule has 0 atom stereocenters. The largest absolute Gasteiger partial charge is 0.350 e. The van der Waals surface area contributed by atoms with E-state index in [4.69, 9.17) is 0 Å². The Morgan fingerprint density at radius 2 is 1.95 bits per heavy atom.